The first-order valence-electron chi connectivity index (χ1n) is 5.42. The Kier molecular flexibility index (Phi) is 3.96. The van der Waals surface area contributed by atoms with Gasteiger partial charge in [0.15, 0.2) is 0 Å². The van der Waals surface area contributed by atoms with Gasteiger partial charge in [-0.2, -0.15) is 0 Å². The summed E-state index contributed by atoms with van der Waals surface area (Å²) in [5, 5.41) is 11.2. The molecule has 0 bridgehead atoms. The van der Waals surface area contributed by atoms with E-state index >= 15 is 0 Å². The minimum atomic E-state index is -0.623. The largest absolute Gasteiger partial charge is 0.430 e. The zero-order valence-electron chi connectivity index (χ0n) is 10.3. The molecule has 6 nitrogen and oxygen atoms in total. The van der Waals surface area contributed by atoms with Crippen molar-refractivity contribution in [3.63, 3.8) is 0 Å². The minimum absolute atomic E-state index is 0.0653. The molecule has 0 aliphatic carbocycles. The van der Waals surface area contributed by atoms with Crippen molar-refractivity contribution in [2.75, 3.05) is 5.73 Å². The van der Waals surface area contributed by atoms with Gasteiger partial charge in [-0.05, 0) is 18.6 Å². The highest BCUT2D eigenvalue weighted by Gasteiger charge is 2.20. The molecule has 0 unspecified atom stereocenters. The van der Waals surface area contributed by atoms with Crippen LogP contribution in [0.1, 0.15) is 5.56 Å². The van der Waals surface area contributed by atoms with Crippen LogP contribution < -0.4 is 10.5 Å². The average molecular weight is 314 g/mol. The van der Waals surface area contributed by atoms with Crippen molar-refractivity contribution in [1.82, 2.24) is 4.98 Å². The summed E-state index contributed by atoms with van der Waals surface area (Å²) in [6.45, 7) is 1.81. The van der Waals surface area contributed by atoms with Crippen molar-refractivity contribution in [3.05, 3.63) is 50.1 Å². The maximum absolute atomic E-state index is 11.0. The number of pyridine rings is 1. The van der Waals surface area contributed by atoms with E-state index in [1.54, 1.807) is 6.07 Å². The highest BCUT2D eigenvalue weighted by atomic mass is 35.5. The van der Waals surface area contributed by atoms with E-state index in [1.165, 1.54) is 12.3 Å². The van der Waals surface area contributed by atoms with Gasteiger partial charge in [0.2, 0.25) is 11.6 Å². The third kappa shape index (κ3) is 2.92. The molecule has 1 aromatic heterocycles. The van der Waals surface area contributed by atoms with Gasteiger partial charge in [0.05, 0.1) is 20.7 Å². The monoisotopic (exact) mass is 313 g/mol. The topological polar surface area (TPSA) is 91.3 Å². The molecule has 1 heterocycles. The number of nitrogens with two attached hydrogens (primary N) is 1. The lowest BCUT2D eigenvalue weighted by Crippen LogP contribution is -1.98. The van der Waals surface area contributed by atoms with Gasteiger partial charge in [-0.15, -0.1) is 0 Å². The number of hydrogen-bond acceptors (Lipinski definition) is 5. The van der Waals surface area contributed by atoms with E-state index in [1.807, 2.05) is 6.92 Å². The van der Waals surface area contributed by atoms with Crippen molar-refractivity contribution in [2.45, 2.75) is 6.92 Å². The molecule has 0 radical (unpaired) electrons. The van der Waals surface area contributed by atoms with E-state index in [-0.39, 0.29) is 33.0 Å². The summed E-state index contributed by atoms with van der Waals surface area (Å²) < 4.78 is 5.37. The van der Waals surface area contributed by atoms with Gasteiger partial charge in [-0.1, -0.05) is 23.2 Å². The van der Waals surface area contributed by atoms with Gasteiger partial charge in [0, 0.05) is 18.3 Å². The second-order valence-corrected chi connectivity index (χ2v) is 4.81. The van der Waals surface area contributed by atoms with E-state index in [0.29, 0.717) is 0 Å². The Bertz CT molecular complexity index is 692. The molecule has 0 saturated heterocycles. The molecular formula is C12H9Cl2N3O3. The van der Waals surface area contributed by atoms with Crippen LogP contribution in [0.5, 0.6) is 11.6 Å². The summed E-state index contributed by atoms with van der Waals surface area (Å²) in [6.07, 6.45) is 1.54. The predicted octanol–water partition coefficient (Wildman–Crippen LogP) is 3.98. The summed E-state index contributed by atoms with van der Waals surface area (Å²) in [4.78, 5) is 14.3. The molecule has 0 fully saturated rings. The summed E-state index contributed by atoms with van der Waals surface area (Å²) in [7, 11) is 0. The van der Waals surface area contributed by atoms with Crippen molar-refractivity contribution in [2.24, 2.45) is 0 Å². The Labute approximate surface area is 124 Å². The van der Waals surface area contributed by atoms with Crippen LogP contribution in [-0.4, -0.2) is 9.91 Å². The second-order valence-electron chi connectivity index (χ2n) is 4.00. The molecule has 2 rings (SSSR count). The van der Waals surface area contributed by atoms with Crippen molar-refractivity contribution in [3.8, 4) is 11.6 Å². The first kappa shape index (κ1) is 14.4. The lowest BCUT2D eigenvalue weighted by Gasteiger charge is -2.09. The van der Waals surface area contributed by atoms with E-state index in [4.69, 9.17) is 33.7 Å². The minimum Gasteiger partial charge on any atom is -0.430 e. The molecule has 2 N–H and O–H groups in total. The number of nitro benzene ring substituents is 1. The molecule has 8 heteroatoms. The lowest BCUT2D eigenvalue weighted by molar-refractivity contribution is -0.385. The number of nitrogen functional groups attached to an aromatic ring is 1. The van der Waals surface area contributed by atoms with E-state index in [0.717, 1.165) is 11.6 Å². The molecule has 0 atom stereocenters. The first-order valence-corrected chi connectivity index (χ1v) is 6.17. The van der Waals surface area contributed by atoms with Crippen LogP contribution in [0.15, 0.2) is 24.4 Å². The van der Waals surface area contributed by atoms with Crippen molar-refractivity contribution >= 4 is 34.6 Å². The number of ether oxygens (including phenoxy) is 1. The number of hydrogen-bond donors (Lipinski definition) is 1. The van der Waals surface area contributed by atoms with Gasteiger partial charge >= 0.3 is 5.69 Å². The Hall–Kier alpha value is -2.05. The molecule has 0 amide bonds. The molecule has 104 valence electrons. The quantitative estimate of drug-likeness (QED) is 0.683. The van der Waals surface area contributed by atoms with Gasteiger partial charge < -0.3 is 10.5 Å². The average Bonchev–Trinajstić information content (AvgIpc) is 2.36. The molecule has 0 saturated carbocycles. The Morgan fingerprint density at radius 3 is 2.55 bits per heavy atom. The highest BCUT2D eigenvalue weighted by molar-refractivity contribution is 6.42. The fourth-order valence-corrected chi connectivity index (χ4v) is 1.82. The normalized spacial score (nSPS) is 10.3. The summed E-state index contributed by atoms with van der Waals surface area (Å²) in [6, 6.07) is 4.01. The van der Waals surface area contributed by atoms with Gasteiger partial charge in [0.1, 0.15) is 0 Å². The Morgan fingerprint density at radius 2 is 1.95 bits per heavy atom. The van der Waals surface area contributed by atoms with Crippen LogP contribution in [0, 0.1) is 17.0 Å². The number of halogens is 2. The molecular weight excluding hydrogens is 305 g/mol. The first-order chi connectivity index (χ1) is 9.38. The summed E-state index contributed by atoms with van der Waals surface area (Å²) >= 11 is 11.6. The van der Waals surface area contributed by atoms with Crippen LogP contribution in [-0.2, 0) is 0 Å². The maximum Gasteiger partial charge on any atom is 0.313 e. The van der Waals surface area contributed by atoms with Gasteiger partial charge in [0.25, 0.3) is 0 Å². The zero-order chi connectivity index (χ0) is 14.9. The number of anilines is 1. The third-order valence-electron chi connectivity index (χ3n) is 2.42. The number of nitrogens with zero attached hydrogens (tertiary/aromatic N) is 2. The number of aromatic nitrogens is 1. The summed E-state index contributed by atoms with van der Waals surface area (Å²) in [5.74, 6) is -0.00968. The smallest absolute Gasteiger partial charge is 0.313 e. The van der Waals surface area contributed by atoms with Crippen LogP contribution in [0.2, 0.25) is 10.0 Å². The zero-order valence-corrected chi connectivity index (χ0v) is 11.8. The van der Waals surface area contributed by atoms with Crippen molar-refractivity contribution < 1.29 is 9.66 Å². The van der Waals surface area contributed by atoms with E-state index < -0.39 is 4.92 Å². The predicted molar refractivity (Wildman–Crippen MR) is 76.6 cm³/mol. The molecule has 0 aliphatic rings. The highest BCUT2D eigenvalue weighted by Crippen LogP contribution is 2.38. The Balaban J connectivity index is 2.47. The SMILES string of the molecule is Cc1cnc(Oc2cc(Cl)c(Cl)cc2[N+](=O)[O-])c(N)c1. The summed E-state index contributed by atoms with van der Waals surface area (Å²) in [5.41, 5.74) is 6.54. The molecule has 0 spiro atoms. The fraction of sp³-hybridized carbons (Fsp3) is 0.0833. The van der Waals surface area contributed by atoms with E-state index in [2.05, 4.69) is 4.98 Å². The van der Waals surface area contributed by atoms with Gasteiger partial charge in [-0.3, -0.25) is 10.1 Å². The van der Waals surface area contributed by atoms with Crippen molar-refractivity contribution in [1.29, 1.82) is 0 Å². The second kappa shape index (κ2) is 5.52. The number of benzene rings is 1. The molecule has 2 aromatic rings. The third-order valence-corrected chi connectivity index (χ3v) is 3.14. The number of nitro groups is 1. The number of aryl methyl sites for hydroxylation is 1. The van der Waals surface area contributed by atoms with Crippen LogP contribution in [0.4, 0.5) is 11.4 Å². The number of rotatable bonds is 3. The fourth-order valence-electron chi connectivity index (χ4n) is 1.51. The molecule has 20 heavy (non-hydrogen) atoms. The van der Waals surface area contributed by atoms with E-state index in [9.17, 15) is 10.1 Å². The van der Waals surface area contributed by atoms with Gasteiger partial charge in [-0.25, -0.2) is 4.98 Å². The Morgan fingerprint density at radius 1 is 1.30 bits per heavy atom. The standard InChI is InChI=1S/C12H9Cl2N3O3/c1-6-2-9(15)12(16-5-6)20-11-4-8(14)7(13)3-10(11)17(18)19/h2-5H,15H2,1H3. The molecule has 0 aliphatic heterocycles. The van der Waals surface area contributed by atoms with Crippen LogP contribution in [0.3, 0.4) is 0 Å². The lowest BCUT2D eigenvalue weighted by atomic mass is 10.3. The van der Waals surface area contributed by atoms with Crippen LogP contribution >= 0.6 is 23.2 Å². The molecule has 1 aromatic carbocycles. The van der Waals surface area contributed by atoms with Crippen LogP contribution in [0.25, 0.3) is 0 Å². The maximum atomic E-state index is 11.0.